The van der Waals surface area contributed by atoms with Crippen molar-refractivity contribution >= 4 is 11.6 Å². The third-order valence-electron chi connectivity index (χ3n) is 2.70. The third-order valence-corrected chi connectivity index (χ3v) is 2.70. The highest BCUT2D eigenvalue weighted by molar-refractivity contribution is 5.73. The standard InChI is InChI=1S/C11H16N6O/c1-7-10(8(2)16-15-7)4-13-9-3-14-17(5-9)6-11(12)18/h3,5,13H,4,6H2,1-2H3,(H2,12,18)(H,15,16). The van der Waals surface area contributed by atoms with E-state index in [-0.39, 0.29) is 6.54 Å². The summed E-state index contributed by atoms with van der Waals surface area (Å²) in [6, 6.07) is 0. The van der Waals surface area contributed by atoms with E-state index in [4.69, 9.17) is 5.73 Å². The Morgan fingerprint density at radius 2 is 2.33 bits per heavy atom. The van der Waals surface area contributed by atoms with E-state index >= 15 is 0 Å². The van der Waals surface area contributed by atoms with Crippen LogP contribution < -0.4 is 11.1 Å². The number of primary amides is 1. The van der Waals surface area contributed by atoms with Gasteiger partial charge in [0.1, 0.15) is 6.54 Å². The third kappa shape index (κ3) is 2.68. The van der Waals surface area contributed by atoms with Crippen LogP contribution in [0.25, 0.3) is 0 Å². The summed E-state index contributed by atoms with van der Waals surface area (Å²) in [5, 5.41) is 14.3. The van der Waals surface area contributed by atoms with Gasteiger partial charge in [0.15, 0.2) is 0 Å². The molecule has 0 aliphatic carbocycles. The zero-order valence-corrected chi connectivity index (χ0v) is 10.4. The second-order valence-corrected chi connectivity index (χ2v) is 4.16. The Labute approximate surface area is 104 Å². The second-order valence-electron chi connectivity index (χ2n) is 4.16. The molecule has 4 N–H and O–H groups in total. The molecule has 0 radical (unpaired) electrons. The van der Waals surface area contributed by atoms with E-state index < -0.39 is 5.91 Å². The fourth-order valence-corrected chi connectivity index (χ4v) is 1.73. The number of nitrogens with one attached hydrogen (secondary N) is 2. The summed E-state index contributed by atoms with van der Waals surface area (Å²) in [4.78, 5) is 10.7. The molecule has 0 saturated heterocycles. The van der Waals surface area contributed by atoms with Crippen LogP contribution in [-0.4, -0.2) is 25.9 Å². The first-order valence-electron chi connectivity index (χ1n) is 5.61. The quantitative estimate of drug-likeness (QED) is 0.709. The van der Waals surface area contributed by atoms with Crippen molar-refractivity contribution in [2.75, 3.05) is 5.32 Å². The van der Waals surface area contributed by atoms with Gasteiger partial charge in [-0.1, -0.05) is 0 Å². The van der Waals surface area contributed by atoms with Crippen molar-refractivity contribution < 1.29 is 4.79 Å². The highest BCUT2D eigenvalue weighted by Crippen LogP contribution is 2.12. The predicted molar refractivity (Wildman–Crippen MR) is 66.8 cm³/mol. The fraction of sp³-hybridized carbons (Fsp3) is 0.364. The molecule has 7 nitrogen and oxygen atoms in total. The van der Waals surface area contributed by atoms with Crippen LogP contribution in [0.3, 0.4) is 0 Å². The summed E-state index contributed by atoms with van der Waals surface area (Å²) in [7, 11) is 0. The Kier molecular flexibility index (Phi) is 3.31. The van der Waals surface area contributed by atoms with Gasteiger partial charge in [-0.05, 0) is 13.8 Å². The molecular weight excluding hydrogens is 232 g/mol. The molecule has 0 aliphatic rings. The molecule has 0 atom stereocenters. The molecule has 7 heteroatoms. The predicted octanol–water partition coefficient (Wildman–Crippen LogP) is 0.320. The molecule has 0 unspecified atom stereocenters. The Morgan fingerprint density at radius 3 is 2.94 bits per heavy atom. The summed E-state index contributed by atoms with van der Waals surface area (Å²) < 4.78 is 1.50. The van der Waals surface area contributed by atoms with E-state index in [9.17, 15) is 4.79 Å². The average Bonchev–Trinajstić information content (AvgIpc) is 2.84. The molecule has 0 aromatic carbocycles. The van der Waals surface area contributed by atoms with Gasteiger partial charge in [0.05, 0.1) is 17.6 Å². The normalized spacial score (nSPS) is 10.6. The van der Waals surface area contributed by atoms with Crippen molar-refractivity contribution in [1.29, 1.82) is 0 Å². The highest BCUT2D eigenvalue weighted by Gasteiger charge is 2.06. The molecule has 2 aromatic rings. The molecule has 0 spiro atoms. The van der Waals surface area contributed by atoms with Crippen LogP contribution in [-0.2, 0) is 17.9 Å². The molecule has 0 bridgehead atoms. The van der Waals surface area contributed by atoms with Crippen LogP contribution in [0.4, 0.5) is 5.69 Å². The number of rotatable bonds is 5. The van der Waals surface area contributed by atoms with E-state index in [0.717, 1.165) is 22.6 Å². The first-order chi connectivity index (χ1) is 8.56. The smallest absolute Gasteiger partial charge is 0.239 e. The minimum atomic E-state index is -0.411. The second kappa shape index (κ2) is 4.91. The lowest BCUT2D eigenvalue weighted by molar-refractivity contribution is -0.118. The number of H-pyrrole nitrogens is 1. The molecule has 2 rings (SSSR count). The van der Waals surface area contributed by atoms with Crippen LogP contribution in [0.5, 0.6) is 0 Å². The number of nitrogens with two attached hydrogens (primary N) is 1. The summed E-state index contributed by atoms with van der Waals surface area (Å²) in [5.41, 5.74) is 9.09. The first kappa shape index (κ1) is 12.2. The van der Waals surface area contributed by atoms with E-state index in [0.29, 0.717) is 6.54 Å². The van der Waals surface area contributed by atoms with Crippen LogP contribution >= 0.6 is 0 Å². The summed E-state index contributed by atoms with van der Waals surface area (Å²) in [5.74, 6) is -0.411. The van der Waals surface area contributed by atoms with Gasteiger partial charge < -0.3 is 11.1 Å². The number of anilines is 1. The number of carbonyl (C=O) groups excluding carboxylic acids is 1. The van der Waals surface area contributed by atoms with Crippen molar-refractivity contribution in [1.82, 2.24) is 20.0 Å². The van der Waals surface area contributed by atoms with Crippen molar-refractivity contribution in [2.24, 2.45) is 5.73 Å². The maximum Gasteiger partial charge on any atom is 0.239 e. The zero-order valence-electron chi connectivity index (χ0n) is 10.4. The molecule has 0 saturated carbocycles. The zero-order chi connectivity index (χ0) is 13.1. The summed E-state index contributed by atoms with van der Waals surface area (Å²) in [6.07, 6.45) is 3.41. The minimum Gasteiger partial charge on any atom is -0.378 e. The molecule has 0 fully saturated rings. The van der Waals surface area contributed by atoms with Crippen LogP contribution in [0.1, 0.15) is 17.0 Å². The van der Waals surface area contributed by atoms with Gasteiger partial charge in [0.25, 0.3) is 0 Å². The van der Waals surface area contributed by atoms with Gasteiger partial charge >= 0.3 is 0 Å². The lowest BCUT2D eigenvalue weighted by atomic mass is 10.2. The number of amides is 1. The lowest BCUT2D eigenvalue weighted by Gasteiger charge is -2.03. The molecule has 96 valence electrons. The van der Waals surface area contributed by atoms with Crippen LogP contribution in [0.15, 0.2) is 12.4 Å². The molecule has 18 heavy (non-hydrogen) atoms. The minimum absolute atomic E-state index is 0.0887. The van der Waals surface area contributed by atoms with Crippen molar-refractivity contribution in [3.8, 4) is 0 Å². The van der Waals surface area contributed by atoms with Crippen LogP contribution in [0, 0.1) is 13.8 Å². The monoisotopic (exact) mass is 248 g/mol. The van der Waals surface area contributed by atoms with E-state index in [1.54, 1.807) is 12.4 Å². The van der Waals surface area contributed by atoms with Crippen molar-refractivity contribution in [2.45, 2.75) is 26.9 Å². The number of aromatic nitrogens is 4. The van der Waals surface area contributed by atoms with E-state index in [1.807, 2.05) is 13.8 Å². The number of hydrogen-bond donors (Lipinski definition) is 3. The largest absolute Gasteiger partial charge is 0.378 e. The molecule has 2 heterocycles. The lowest BCUT2D eigenvalue weighted by Crippen LogP contribution is -2.18. The van der Waals surface area contributed by atoms with Gasteiger partial charge in [-0.3, -0.25) is 14.6 Å². The maximum absolute atomic E-state index is 10.7. The number of carbonyl (C=O) groups is 1. The number of nitrogens with zero attached hydrogens (tertiary/aromatic N) is 3. The van der Waals surface area contributed by atoms with Crippen LogP contribution in [0.2, 0.25) is 0 Å². The molecule has 0 aliphatic heterocycles. The van der Waals surface area contributed by atoms with E-state index in [1.165, 1.54) is 4.68 Å². The highest BCUT2D eigenvalue weighted by atomic mass is 16.1. The summed E-state index contributed by atoms with van der Waals surface area (Å²) in [6.45, 7) is 4.69. The maximum atomic E-state index is 10.7. The van der Waals surface area contributed by atoms with Gasteiger partial charge in [-0.25, -0.2) is 0 Å². The molecule has 1 amide bonds. The fourth-order valence-electron chi connectivity index (χ4n) is 1.73. The number of aromatic amines is 1. The first-order valence-corrected chi connectivity index (χ1v) is 5.61. The van der Waals surface area contributed by atoms with Gasteiger partial charge in [-0.15, -0.1) is 0 Å². The average molecular weight is 248 g/mol. The van der Waals surface area contributed by atoms with E-state index in [2.05, 4.69) is 20.6 Å². The Hall–Kier alpha value is -2.31. The Balaban J connectivity index is 1.98. The molecular formula is C11H16N6O. The van der Waals surface area contributed by atoms with Crippen molar-refractivity contribution in [3.63, 3.8) is 0 Å². The van der Waals surface area contributed by atoms with Crippen molar-refractivity contribution in [3.05, 3.63) is 29.3 Å². The van der Waals surface area contributed by atoms with Gasteiger partial charge in [0, 0.05) is 24.0 Å². The number of aryl methyl sites for hydroxylation is 2. The van der Waals surface area contributed by atoms with Gasteiger partial charge in [0.2, 0.25) is 5.91 Å². The van der Waals surface area contributed by atoms with Gasteiger partial charge in [-0.2, -0.15) is 10.2 Å². The molecule has 2 aromatic heterocycles. The topological polar surface area (TPSA) is 102 Å². The number of hydrogen-bond acceptors (Lipinski definition) is 4. The Morgan fingerprint density at radius 1 is 1.56 bits per heavy atom. The SMILES string of the molecule is Cc1n[nH]c(C)c1CNc1cnn(CC(N)=O)c1. The summed E-state index contributed by atoms with van der Waals surface area (Å²) >= 11 is 0. The Bertz CT molecular complexity index is 536.